The van der Waals surface area contributed by atoms with Crippen LogP contribution in [-0.2, 0) is 17.1 Å². The van der Waals surface area contributed by atoms with E-state index >= 15 is 0 Å². The summed E-state index contributed by atoms with van der Waals surface area (Å²) in [5, 5.41) is 23.0. The number of sulfonamides is 1. The van der Waals surface area contributed by atoms with Gasteiger partial charge in [0.25, 0.3) is 0 Å². The van der Waals surface area contributed by atoms with Crippen LogP contribution >= 0.6 is 0 Å². The fourth-order valence-electron chi connectivity index (χ4n) is 1.78. The molecule has 0 atom stereocenters. The standard InChI is InChI=1S/C10H19N5O4S/c1-7(2)8-9(15(16)17)10(14(3)13-8)12-5-4-6-20(11,18)19/h7,12H,4-6H2,1-3H3,(H2,11,18,19). The Morgan fingerprint density at radius 1 is 1.50 bits per heavy atom. The van der Waals surface area contributed by atoms with Crippen LogP contribution in [0, 0.1) is 10.1 Å². The Morgan fingerprint density at radius 2 is 2.10 bits per heavy atom. The van der Waals surface area contributed by atoms with Crippen LogP contribution < -0.4 is 10.5 Å². The van der Waals surface area contributed by atoms with Crippen molar-refractivity contribution in [1.29, 1.82) is 0 Å². The van der Waals surface area contributed by atoms with E-state index in [2.05, 4.69) is 10.4 Å². The molecule has 1 heterocycles. The minimum absolute atomic E-state index is 0.0712. The molecule has 20 heavy (non-hydrogen) atoms. The fourth-order valence-corrected chi connectivity index (χ4v) is 2.33. The Hall–Kier alpha value is -1.68. The molecule has 3 N–H and O–H groups in total. The second-order valence-electron chi connectivity index (χ2n) is 4.77. The Bertz CT molecular complexity index is 593. The predicted octanol–water partition coefficient (Wildman–Crippen LogP) is 0.542. The highest BCUT2D eigenvalue weighted by atomic mass is 32.2. The summed E-state index contributed by atoms with van der Waals surface area (Å²) < 4.78 is 23.0. The van der Waals surface area contributed by atoms with Crippen LogP contribution in [-0.4, -0.2) is 35.4 Å². The molecule has 10 heteroatoms. The smallest absolute Gasteiger partial charge is 0.334 e. The van der Waals surface area contributed by atoms with Gasteiger partial charge in [0.2, 0.25) is 15.8 Å². The third-order valence-corrected chi connectivity index (χ3v) is 3.53. The van der Waals surface area contributed by atoms with Gasteiger partial charge in [-0.1, -0.05) is 13.8 Å². The normalized spacial score (nSPS) is 11.8. The molecule has 0 aliphatic rings. The van der Waals surface area contributed by atoms with Crippen molar-refractivity contribution in [2.24, 2.45) is 12.2 Å². The van der Waals surface area contributed by atoms with E-state index in [4.69, 9.17) is 5.14 Å². The number of hydrogen-bond donors (Lipinski definition) is 2. The maximum Gasteiger partial charge on any atom is 0.334 e. The number of primary sulfonamides is 1. The van der Waals surface area contributed by atoms with Crippen molar-refractivity contribution in [3.8, 4) is 0 Å². The summed E-state index contributed by atoms with van der Waals surface area (Å²) in [4.78, 5) is 10.7. The molecule has 0 unspecified atom stereocenters. The number of anilines is 1. The van der Waals surface area contributed by atoms with Crippen LogP contribution in [0.15, 0.2) is 0 Å². The minimum atomic E-state index is -3.52. The molecule has 0 amide bonds. The van der Waals surface area contributed by atoms with Crippen molar-refractivity contribution < 1.29 is 13.3 Å². The van der Waals surface area contributed by atoms with Gasteiger partial charge in [-0.25, -0.2) is 18.2 Å². The molecular weight excluding hydrogens is 286 g/mol. The Labute approximate surface area is 117 Å². The first-order chi connectivity index (χ1) is 9.13. The average Bonchev–Trinajstić information content (AvgIpc) is 2.61. The highest BCUT2D eigenvalue weighted by Crippen LogP contribution is 2.32. The predicted molar refractivity (Wildman–Crippen MR) is 75.0 cm³/mol. The van der Waals surface area contributed by atoms with Crippen molar-refractivity contribution in [2.45, 2.75) is 26.2 Å². The summed E-state index contributed by atoms with van der Waals surface area (Å²) in [6.45, 7) is 3.90. The number of nitrogens with two attached hydrogens (primary N) is 1. The van der Waals surface area contributed by atoms with E-state index in [0.29, 0.717) is 5.69 Å². The van der Waals surface area contributed by atoms with Crippen LogP contribution in [0.25, 0.3) is 0 Å². The molecule has 9 nitrogen and oxygen atoms in total. The summed E-state index contributed by atoms with van der Waals surface area (Å²) in [7, 11) is -1.92. The van der Waals surface area contributed by atoms with Crippen molar-refractivity contribution >= 4 is 21.5 Å². The van der Waals surface area contributed by atoms with Crippen LogP contribution in [0.5, 0.6) is 0 Å². The molecule has 0 aliphatic heterocycles. The first-order valence-corrected chi connectivity index (χ1v) is 7.80. The van der Waals surface area contributed by atoms with E-state index in [1.165, 1.54) is 4.68 Å². The van der Waals surface area contributed by atoms with Gasteiger partial charge in [-0.15, -0.1) is 0 Å². The van der Waals surface area contributed by atoms with Gasteiger partial charge in [-0.2, -0.15) is 5.10 Å². The fraction of sp³-hybridized carbons (Fsp3) is 0.700. The second kappa shape index (κ2) is 6.18. The molecule has 114 valence electrons. The van der Waals surface area contributed by atoms with Gasteiger partial charge >= 0.3 is 5.69 Å². The zero-order chi connectivity index (χ0) is 15.5. The highest BCUT2D eigenvalue weighted by molar-refractivity contribution is 7.89. The molecular formula is C10H19N5O4S. The van der Waals surface area contributed by atoms with Crippen molar-refractivity contribution in [1.82, 2.24) is 9.78 Å². The maximum absolute atomic E-state index is 11.1. The summed E-state index contributed by atoms with van der Waals surface area (Å²) >= 11 is 0. The van der Waals surface area contributed by atoms with E-state index in [9.17, 15) is 18.5 Å². The maximum atomic E-state index is 11.1. The molecule has 1 aromatic heterocycles. The van der Waals surface area contributed by atoms with E-state index in [1.807, 2.05) is 13.8 Å². The molecule has 0 fully saturated rings. The molecule has 0 saturated carbocycles. The van der Waals surface area contributed by atoms with Crippen molar-refractivity contribution in [2.75, 3.05) is 17.6 Å². The number of aryl methyl sites for hydroxylation is 1. The summed E-state index contributed by atoms with van der Waals surface area (Å²) in [5.74, 6) is 0.0116. The molecule has 0 aromatic carbocycles. The lowest BCUT2D eigenvalue weighted by Gasteiger charge is -2.05. The SMILES string of the molecule is CC(C)c1nn(C)c(NCCCS(N)(=O)=O)c1[N+](=O)[O-]. The van der Waals surface area contributed by atoms with Gasteiger partial charge < -0.3 is 5.32 Å². The molecule has 0 spiro atoms. The van der Waals surface area contributed by atoms with Crippen LogP contribution in [0.3, 0.4) is 0 Å². The van der Waals surface area contributed by atoms with E-state index in [-0.39, 0.29) is 36.1 Å². The zero-order valence-electron chi connectivity index (χ0n) is 11.7. The van der Waals surface area contributed by atoms with E-state index < -0.39 is 14.9 Å². The summed E-state index contributed by atoms with van der Waals surface area (Å²) in [5.41, 5.74) is 0.324. The largest absolute Gasteiger partial charge is 0.364 e. The molecule has 0 saturated heterocycles. The summed E-state index contributed by atoms with van der Waals surface area (Å²) in [6, 6.07) is 0. The molecule has 0 bridgehead atoms. The zero-order valence-corrected chi connectivity index (χ0v) is 12.5. The Balaban J connectivity index is 2.87. The highest BCUT2D eigenvalue weighted by Gasteiger charge is 2.28. The second-order valence-corrected chi connectivity index (χ2v) is 6.50. The first kappa shape index (κ1) is 16.4. The van der Waals surface area contributed by atoms with E-state index in [0.717, 1.165) is 0 Å². The van der Waals surface area contributed by atoms with Gasteiger partial charge in [0.05, 0.1) is 10.7 Å². The number of rotatable bonds is 7. The van der Waals surface area contributed by atoms with Crippen LogP contribution in [0.1, 0.15) is 31.9 Å². The molecule has 0 aliphatic carbocycles. The Morgan fingerprint density at radius 3 is 2.55 bits per heavy atom. The minimum Gasteiger partial charge on any atom is -0.364 e. The van der Waals surface area contributed by atoms with Crippen molar-refractivity contribution in [3.05, 3.63) is 15.8 Å². The average molecular weight is 305 g/mol. The monoisotopic (exact) mass is 305 g/mol. The van der Waals surface area contributed by atoms with Crippen LogP contribution in [0.4, 0.5) is 11.5 Å². The quantitative estimate of drug-likeness (QED) is 0.429. The first-order valence-electron chi connectivity index (χ1n) is 6.09. The number of nitrogens with one attached hydrogen (secondary N) is 1. The van der Waals surface area contributed by atoms with Gasteiger partial charge in [-0.3, -0.25) is 10.1 Å². The molecule has 1 rings (SSSR count). The number of hydrogen-bond acceptors (Lipinski definition) is 6. The number of nitro groups is 1. The topological polar surface area (TPSA) is 133 Å². The van der Waals surface area contributed by atoms with Crippen LogP contribution in [0.2, 0.25) is 0 Å². The Kier molecular flexibility index (Phi) is 5.06. The van der Waals surface area contributed by atoms with Gasteiger partial charge in [0.15, 0.2) is 0 Å². The van der Waals surface area contributed by atoms with E-state index in [1.54, 1.807) is 7.05 Å². The third kappa shape index (κ3) is 4.17. The lowest BCUT2D eigenvalue weighted by Crippen LogP contribution is -2.19. The lowest BCUT2D eigenvalue weighted by molar-refractivity contribution is -0.384. The van der Waals surface area contributed by atoms with Gasteiger partial charge in [0, 0.05) is 19.5 Å². The molecule has 0 radical (unpaired) electrons. The lowest BCUT2D eigenvalue weighted by atomic mass is 10.1. The number of aromatic nitrogens is 2. The van der Waals surface area contributed by atoms with Crippen molar-refractivity contribution in [3.63, 3.8) is 0 Å². The summed E-state index contributed by atoms with van der Waals surface area (Å²) in [6.07, 6.45) is 0.262. The third-order valence-electron chi connectivity index (χ3n) is 2.68. The van der Waals surface area contributed by atoms with Gasteiger partial charge in [-0.05, 0) is 6.42 Å². The van der Waals surface area contributed by atoms with Gasteiger partial charge in [0.1, 0.15) is 5.69 Å². The molecule has 1 aromatic rings. The number of nitrogens with zero attached hydrogens (tertiary/aromatic N) is 3.